The van der Waals surface area contributed by atoms with Crippen molar-refractivity contribution in [2.75, 3.05) is 0 Å². The number of hydrogen-bond donors (Lipinski definition) is 1. The molecule has 0 aliphatic heterocycles. The highest BCUT2D eigenvalue weighted by molar-refractivity contribution is 5.69. The molecule has 1 N–H and O–H groups in total. The number of halogens is 3. The summed E-state index contributed by atoms with van der Waals surface area (Å²) in [4.78, 5) is 10.9. The zero-order valence-electron chi connectivity index (χ0n) is 8.30. The molecular weight excluding hydrogens is 213 g/mol. The standard InChI is InChI=1S/C8H13F3N2O2/c1-2-3-4-5-6(14)15-7(13-12)8(9,10)11/h7,12H,2-5H2,1H3. The highest BCUT2D eigenvalue weighted by Gasteiger charge is 2.43. The van der Waals surface area contributed by atoms with Crippen LogP contribution in [0, 0.1) is 5.53 Å². The predicted octanol–water partition coefficient (Wildman–Crippen LogP) is 3.03. The summed E-state index contributed by atoms with van der Waals surface area (Å²) in [6, 6.07) is 0. The Hall–Kier alpha value is -1.14. The van der Waals surface area contributed by atoms with Gasteiger partial charge in [-0.1, -0.05) is 19.8 Å². The number of esters is 1. The molecule has 0 aliphatic carbocycles. The van der Waals surface area contributed by atoms with Crippen LogP contribution in [0.25, 0.3) is 0 Å². The molecule has 0 bridgehead atoms. The van der Waals surface area contributed by atoms with Crippen LogP contribution in [0.3, 0.4) is 0 Å². The van der Waals surface area contributed by atoms with Crippen LogP contribution < -0.4 is 0 Å². The van der Waals surface area contributed by atoms with Gasteiger partial charge < -0.3 is 4.74 Å². The molecule has 0 radical (unpaired) electrons. The van der Waals surface area contributed by atoms with Crippen molar-refractivity contribution in [1.29, 1.82) is 5.53 Å². The number of hydrogen-bond acceptors (Lipinski definition) is 4. The predicted molar refractivity (Wildman–Crippen MR) is 45.2 cm³/mol. The molecule has 7 heteroatoms. The smallest absolute Gasteiger partial charge is 0.428 e. The van der Waals surface area contributed by atoms with Crippen LogP contribution in [0.1, 0.15) is 32.6 Å². The maximum absolute atomic E-state index is 12.0. The molecule has 0 rings (SSSR count). The molecule has 4 nitrogen and oxygen atoms in total. The molecule has 0 aliphatic rings. The lowest BCUT2D eigenvalue weighted by Gasteiger charge is -2.14. The third kappa shape index (κ3) is 6.03. The number of rotatable bonds is 6. The summed E-state index contributed by atoms with van der Waals surface area (Å²) in [6.07, 6.45) is -5.44. The van der Waals surface area contributed by atoms with Crippen molar-refractivity contribution in [3.63, 3.8) is 0 Å². The molecule has 88 valence electrons. The summed E-state index contributed by atoms with van der Waals surface area (Å²) < 4.78 is 39.9. The Morgan fingerprint density at radius 3 is 2.47 bits per heavy atom. The largest absolute Gasteiger partial charge is 0.448 e. The van der Waals surface area contributed by atoms with Gasteiger partial charge in [0.2, 0.25) is 0 Å². The van der Waals surface area contributed by atoms with E-state index >= 15 is 0 Å². The van der Waals surface area contributed by atoms with Gasteiger partial charge in [0.15, 0.2) is 0 Å². The maximum atomic E-state index is 12.0. The quantitative estimate of drug-likeness (QED) is 0.430. The first-order valence-electron chi connectivity index (χ1n) is 4.54. The van der Waals surface area contributed by atoms with Gasteiger partial charge in [-0.3, -0.25) is 4.79 Å². The number of carbonyl (C=O) groups excluding carboxylic acids is 1. The van der Waals surface area contributed by atoms with Crippen molar-refractivity contribution in [2.45, 2.75) is 45.0 Å². The van der Waals surface area contributed by atoms with Crippen molar-refractivity contribution in [2.24, 2.45) is 5.11 Å². The van der Waals surface area contributed by atoms with E-state index in [4.69, 9.17) is 5.53 Å². The second-order valence-electron chi connectivity index (χ2n) is 2.97. The number of alkyl halides is 3. The molecule has 0 spiro atoms. The van der Waals surface area contributed by atoms with Gasteiger partial charge in [-0.25, -0.2) is 5.53 Å². The van der Waals surface area contributed by atoms with E-state index in [1.807, 2.05) is 6.92 Å². The van der Waals surface area contributed by atoms with Crippen molar-refractivity contribution < 1.29 is 22.7 Å². The van der Waals surface area contributed by atoms with E-state index in [0.29, 0.717) is 6.42 Å². The number of unbranched alkanes of at least 4 members (excludes halogenated alkanes) is 2. The van der Waals surface area contributed by atoms with E-state index in [9.17, 15) is 18.0 Å². The van der Waals surface area contributed by atoms with Crippen molar-refractivity contribution in [1.82, 2.24) is 0 Å². The average molecular weight is 226 g/mol. The molecule has 0 aromatic heterocycles. The van der Waals surface area contributed by atoms with Crippen LogP contribution in [0.15, 0.2) is 5.11 Å². The van der Waals surface area contributed by atoms with E-state index in [2.05, 4.69) is 9.85 Å². The lowest BCUT2D eigenvalue weighted by molar-refractivity contribution is -0.221. The van der Waals surface area contributed by atoms with Gasteiger partial charge in [-0.05, 0) is 6.42 Å². The Bertz CT molecular complexity index is 218. The zero-order chi connectivity index (χ0) is 11.9. The summed E-state index contributed by atoms with van der Waals surface area (Å²) in [5, 5.41) is 2.21. The Balaban J connectivity index is 3.97. The molecule has 0 saturated heterocycles. The van der Waals surface area contributed by atoms with E-state index in [1.54, 1.807) is 0 Å². The summed E-state index contributed by atoms with van der Waals surface area (Å²) in [6.45, 7) is 1.91. The van der Waals surface area contributed by atoms with Gasteiger partial charge in [-0.2, -0.15) is 13.2 Å². The van der Waals surface area contributed by atoms with Gasteiger partial charge >= 0.3 is 18.4 Å². The molecule has 0 fully saturated rings. The van der Waals surface area contributed by atoms with Crippen LogP contribution in [-0.2, 0) is 9.53 Å². The molecule has 1 atom stereocenters. The minimum absolute atomic E-state index is 0.0735. The van der Waals surface area contributed by atoms with Gasteiger partial charge in [0, 0.05) is 6.42 Å². The van der Waals surface area contributed by atoms with E-state index in [-0.39, 0.29) is 6.42 Å². The zero-order valence-corrected chi connectivity index (χ0v) is 8.30. The minimum Gasteiger partial charge on any atom is -0.428 e. The Morgan fingerprint density at radius 2 is 2.07 bits per heavy atom. The van der Waals surface area contributed by atoms with Gasteiger partial charge in [0.05, 0.1) is 0 Å². The number of nitrogens with one attached hydrogen (secondary N) is 1. The number of carbonyl (C=O) groups is 1. The third-order valence-corrected chi connectivity index (χ3v) is 1.62. The Kier molecular flexibility index (Phi) is 5.88. The summed E-state index contributed by atoms with van der Waals surface area (Å²) in [5.41, 5.74) is 6.25. The highest BCUT2D eigenvalue weighted by Crippen LogP contribution is 2.24. The fourth-order valence-corrected chi connectivity index (χ4v) is 0.869. The summed E-state index contributed by atoms with van der Waals surface area (Å²) in [7, 11) is 0. The van der Waals surface area contributed by atoms with Gasteiger partial charge in [0.25, 0.3) is 0 Å². The monoisotopic (exact) mass is 226 g/mol. The molecule has 1 unspecified atom stereocenters. The minimum atomic E-state index is -4.80. The topological polar surface area (TPSA) is 62.5 Å². The van der Waals surface area contributed by atoms with Crippen LogP contribution in [0.5, 0.6) is 0 Å². The Labute approximate surface area is 85.3 Å². The van der Waals surface area contributed by atoms with Gasteiger partial charge in [-0.15, -0.1) is 5.11 Å². The molecular formula is C8H13F3N2O2. The molecule has 0 amide bonds. The van der Waals surface area contributed by atoms with Crippen molar-refractivity contribution in [3.05, 3.63) is 0 Å². The maximum Gasteiger partial charge on any atom is 0.448 e. The SMILES string of the molecule is CCCCCC(=O)OC(N=N)C(F)(F)F. The molecule has 0 aromatic carbocycles. The second-order valence-corrected chi connectivity index (χ2v) is 2.97. The fourth-order valence-electron chi connectivity index (χ4n) is 0.869. The van der Waals surface area contributed by atoms with Crippen molar-refractivity contribution >= 4 is 5.97 Å². The highest BCUT2D eigenvalue weighted by atomic mass is 19.4. The second kappa shape index (κ2) is 6.36. The number of ether oxygens (including phenoxy) is 1. The van der Waals surface area contributed by atoms with E-state index in [0.717, 1.165) is 12.8 Å². The molecule has 0 heterocycles. The number of nitrogens with zero attached hydrogens (tertiary/aromatic N) is 1. The molecule has 0 aromatic rings. The first-order valence-corrected chi connectivity index (χ1v) is 4.54. The first kappa shape index (κ1) is 13.9. The lowest BCUT2D eigenvalue weighted by Crippen LogP contribution is -2.31. The Morgan fingerprint density at radius 1 is 1.47 bits per heavy atom. The van der Waals surface area contributed by atoms with E-state index in [1.165, 1.54) is 0 Å². The summed E-state index contributed by atoms with van der Waals surface area (Å²) in [5.74, 6) is -0.971. The fraction of sp³-hybridized carbons (Fsp3) is 0.875. The lowest BCUT2D eigenvalue weighted by atomic mass is 10.2. The molecule has 15 heavy (non-hydrogen) atoms. The van der Waals surface area contributed by atoms with Crippen LogP contribution in [0.2, 0.25) is 0 Å². The average Bonchev–Trinajstić information content (AvgIpc) is 2.12. The van der Waals surface area contributed by atoms with Crippen molar-refractivity contribution in [3.8, 4) is 0 Å². The van der Waals surface area contributed by atoms with Gasteiger partial charge in [0.1, 0.15) is 0 Å². The first-order chi connectivity index (χ1) is 6.91. The van der Waals surface area contributed by atoms with E-state index < -0.39 is 18.4 Å². The van der Waals surface area contributed by atoms with Crippen LogP contribution in [0.4, 0.5) is 13.2 Å². The third-order valence-electron chi connectivity index (χ3n) is 1.62. The van der Waals surface area contributed by atoms with Crippen LogP contribution in [-0.4, -0.2) is 18.4 Å². The summed E-state index contributed by atoms with van der Waals surface area (Å²) >= 11 is 0. The molecule has 0 saturated carbocycles. The normalized spacial score (nSPS) is 13.3. The van der Waals surface area contributed by atoms with Crippen LogP contribution >= 0.6 is 0 Å².